The second kappa shape index (κ2) is 8.12. The average molecular weight is 402 g/mol. The van der Waals surface area contributed by atoms with Crippen molar-refractivity contribution < 1.29 is 23.4 Å². The van der Waals surface area contributed by atoms with Crippen LogP contribution in [0.4, 0.5) is 10.1 Å². The molecule has 0 heterocycles. The Kier molecular flexibility index (Phi) is 7.01. The molecule has 0 aromatic heterocycles. The molecule has 2 atom stereocenters. The van der Waals surface area contributed by atoms with Gasteiger partial charge >= 0.3 is 5.97 Å². The fourth-order valence-corrected chi connectivity index (χ4v) is 3.16. The summed E-state index contributed by atoms with van der Waals surface area (Å²) in [7, 11) is 0. The number of halogens is 1. The number of nitrogens with one attached hydrogen (secondary N) is 1. The van der Waals surface area contributed by atoms with E-state index < -0.39 is 44.0 Å². The molecule has 1 aromatic rings. The molecule has 0 aliphatic carbocycles. The SMILES string of the molecule is CC(C)(C)OC(=O)C[C@@](C)(N[S@@+]([O-])C(C)(C)C)c1cc([N+](=O)[O-])ccc1F. The Balaban J connectivity index is 3.39. The summed E-state index contributed by atoms with van der Waals surface area (Å²) in [4.78, 5) is 22.8. The average Bonchev–Trinajstić information content (AvgIpc) is 2.43. The predicted octanol–water partition coefficient (Wildman–Crippen LogP) is 3.73. The second-order valence-electron chi connectivity index (χ2n) is 8.50. The Morgan fingerprint density at radius 1 is 1.22 bits per heavy atom. The maximum atomic E-state index is 14.5. The van der Waals surface area contributed by atoms with E-state index in [0.717, 1.165) is 18.2 Å². The minimum atomic E-state index is -1.67. The lowest BCUT2D eigenvalue weighted by molar-refractivity contribution is -0.385. The van der Waals surface area contributed by atoms with Crippen molar-refractivity contribution in [3.05, 3.63) is 39.7 Å². The van der Waals surface area contributed by atoms with Crippen LogP contribution in [0.5, 0.6) is 0 Å². The number of rotatable bonds is 6. The van der Waals surface area contributed by atoms with Crippen LogP contribution in [-0.2, 0) is 26.4 Å². The van der Waals surface area contributed by atoms with Gasteiger partial charge in [0, 0.05) is 29.1 Å². The molecule has 0 unspecified atom stereocenters. The number of nitrogens with zero attached hydrogens (tertiary/aromatic N) is 1. The van der Waals surface area contributed by atoms with Crippen molar-refractivity contribution in [2.75, 3.05) is 0 Å². The molecule has 0 fully saturated rings. The van der Waals surface area contributed by atoms with Crippen LogP contribution in [0, 0.1) is 15.9 Å². The van der Waals surface area contributed by atoms with Gasteiger partial charge in [0.2, 0.25) is 0 Å². The predicted molar refractivity (Wildman–Crippen MR) is 102 cm³/mol. The minimum Gasteiger partial charge on any atom is -0.598 e. The van der Waals surface area contributed by atoms with Crippen molar-refractivity contribution >= 4 is 23.0 Å². The van der Waals surface area contributed by atoms with Crippen molar-refractivity contribution in [3.63, 3.8) is 0 Å². The normalized spacial score (nSPS) is 15.7. The highest BCUT2D eigenvalue weighted by molar-refractivity contribution is 7.90. The van der Waals surface area contributed by atoms with Gasteiger partial charge in [-0.1, -0.05) is 0 Å². The molecule has 0 aliphatic rings. The van der Waals surface area contributed by atoms with Crippen LogP contribution in [0.2, 0.25) is 0 Å². The lowest BCUT2D eigenvalue weighted by Gasteiger charge is -2.35. The van der Waals surface area contributed by atoms with E-state index in [-0.39, 0.29) is 17.7 Å². The summed E-state index contributed by atoms with van der Waals surface area (Å²) in [5.41, 5.74) is -2.69. The highest BCUT2D eigenvalue weighted by Gasteiger charge is 2.42. The summed E-state index contributed by atoms with van der Waals surface area (Å²) in [6, 6.07) is 3.04. The Bertz CT molecular complexity index is 715. The molecular weight excluding hydrogens is 375 g/mol. The highest BCUT2D eigenvalue weighted by atomic mass is 32.2. The Morgan fingerprint density at radius 2 is 1.78 bits per heavy atom. The van der Waals surface area contributed by atoms with Gasteiger partial charge in [0.05, 0.1) is 16.9 Å². The molecule has 0 bridgehead atoms. The number of nitro benzene ring substituents is 1. The summed E-state index contributed by atoms with van der Waals surface area (Å²) in [5, 5.41) is 11.1. The maximum Gasteiger partial charge on any atom is 0.308 e. The lowest BCUT2D eigenvalue weighted by Crippen LogP contribution is -2.51. The summed E-state index contributed by atoms with van der Waals surface area (Å²) in [6.45, 7) is 11.7. The monoisotopic (exact) mass is 402 g/mol. The van der Waals surface area contributed by atoms with Gasteiger partial charge in [0.25, 0.3) is 5.69 Å². The van der Waals surface area contributed by atoms with Gasteiger partial charge in [0.1, 0.15) is 16.2 Å². The van der Waals surface area contributed by atoms with E-state index in [4.69, 9.17) is 4.74 Å². The Hall–Kier alpha value is -1.71. The van der Waals surface area contributed by atoms with Crippen molar-refractivity contribution in [1.29, 1.82) is 0 Å². The molecule has 9 heteroatoms. The van der Waals surface area contributed by atoms with Crippen LogP contribution in [0.1, 0.15) is 60.5 Å². The van der Waals surface area contributed by atoms with Gasteiger partial charge in [-0.05, 0) is 54.5 Å². The summed E-state index contributed by atoms with van der Waals surface area (Å²) in [5.74, 6) is -1.39. The van der Waals surface area contributed by atoms with E-state index >= 15 is 0 Å². The molecule has 0 amide bonds. The van der Waals surface area contributed by atoms with Crippen LogP contribution < -0.4 is 4.72 Å². The molecule has 152 valence electrons. The van der Waals surface area contributed by atoms with E-state index in [1.807, 2.05) is 0 Å². The van der Waals surface area contributed by atoms with E-state index in [9.17, 15) is 23.9 Å². The first-order valence-electron chi connectivity index (χ1n) is 8.41. The Labute approximate surface area is 162 Å². The van der Waals surface area contributed by atoms with Crippen LogP contribution in [0.25, 0.3) is 0 Å². The molecule has 1 aromatic carbocycles. The van der Waals surface area contributed by atoms with Crippen molar-refractivity contribution in [3.8, 4) is 0 Å². The summed E-state index contributed by atoms with van der Waals surface area (Å²) < 4.78 is 34.6. The van der Waals surface area contributed by atoms with Crippen molar-refractivity contribution in [1.82, 2.24) is 4.72 Å². The number of hydrogen-bond acceptors (Lipinski definition) is 6. The van der Waals surface area contributed by atoms with E-state index in [1.54, 1.807) is 41.5 Å². The van der Waals surface area contributed by atoms with E-state index in [2.05, 4.69) is 4.72 Å². The smallest absolute Gasteiger partial charge is 0.308 e. The quantitative estimate of drug-likeness (QED) is 0.336. The molecule has 0 spiro atoms. The lowest BCUT2D eigenvalue weighted by atomic mass is 9.89. The first kappa shape index (κ1) is 23.3. The van der Waals surface area contributed by atoms with Gasteiger partial charge < -0.3 is 9.29 Å². The van der Waals surface area contributed by atoms with E-state index in [1.165, 1.54) is 6.92 Å². The highest BCUT2D eigenvalue weighted by Crippen LogP contribution is 2.33. The van der Waals surface area contributed by atoms with Gasteiger partial charge in [-0.15, -0.1) is 4.72 Å². The first-order chi connectivity index (χ1) is 12.0. The van der Waals surface area contributed by atoms with Crippen LogP contribution >= 0.6 is 0 Å². The maximum absolute atomic E-state index is 14.5. The number of carbonyl (C=O) groups is 1. The number of carbonyl (C=O) groups excluding carboxylic acids is 1. The fraction of sp³-hybridized carbons (Fsp3) is 0.611. The molecule has 0 saturated heterocycles. The largest absolute Gasteiger partial charge is 0.598 e. The zero-order valence-corrected chi connectivity index (χ0v) is 17.5. The topological polar surface area (TPSA) is 105 Å². The summed E-state index contributed by atoms with van der Waals surface area (Å²) in [6.07, 6.45) is -0.357. The molecule has 27 heavy (non-hydrogen) atoms. The molecular formula is C18H27FN2O5S. The number of hydrogen-bond donors (Lipinski definition) is 1. The Morgan fingerprint density at radius 3 is 2.22 bits per heavy atom. The number of non-ortho nitro benzene ring substituents is 1. The number of ether oxygens (including phenoxy) is 1. The van der Waals surface area contributed by atoms with Crippen molar-refractivity contribution in [2.45, 2.75) is 70.8 Å². The van der Waals surface area contributed by atoms with Gasteiger partial charge in [-0.2, -0.15) is 0 Å². The fourth-order valence-electron chi connectivity index (χ4n) is 2.26. The molecule has 7 nitrogen and oxygen atoms in total. The zero-order chi connectivity index (χ0) is 21.2. The van der Waals surface area contributed by atoms with Gasteiger partial charge in [-0.3, -0.25) is 14.9 Å². The molecule has 0 saturated carbocycles. The number of benzene rings is 1. The first-order valence-corrected chi connectivity index (χ1v) is 9.56. The third kappa shape index (κ3) is 6.75. The van der Waals surface area contributed by atoms with Gasteiger partial charge in [-0.25, -0.2) is 4.39 Å². The molecule has 0 aliphatic heterocycles. The van der Waals surface area contributed by atoms with Gasteiger partial charge in [0.15, 0.2) is 0 Å². The van der Waals surface area contributed by atoms with E-state index in [0.29, 0.717) is 0 Å². The van der Waals surface area contributed by atoms with Crippen LogP contribution in [0.3, 0.4) is 0 Å². The number of esters is 1. The second-order valence-corrected chi connectivity index (χ2v) is 10.5. The molecule has 0 radical (unpaired) electrons. The van der Waals surface area contributed by atoms with Crippen LogP contribution in [-0.4, -0.2) is 25.8 Å². The minimum absolute atomic E-state index is 0.125. The third-order valence-electron chi connectivity index (χ3n) is 3.55. The third-order valence-corrected chi connectivity index (χ3v) is 5.30. The zero-order valence-electron chi connectivity index (χ0n) is 16.7. The van der Waals surface area contributed by atoms with Crippen molar-refractivity contribution in [2.24, 2.45) is 0 Å². The van der Waals surface area contributed by atoms with Crippen LogP contribution in [0.15, 0.2) is 18.2 Å². The number of nitro groups is 1. The molecule has 1 rings (SSSR count). The standard InChI is InChI=1S/C18H27FN2O5S/c1-16(2,3)26-15(22)11-18(7,20-27(25)17(4,5)6)13-10-12(21(23)24)8-9-14(13)19/h8-10,20H,11H2,1-7H3/t18-,27+/m1/s1. The molecule has 1 N–H and O–H groups in total. The summed E-state index contributed by atoms with van der Waals surface area (Å²) >= 11 is -1.67.